The lowest BCUT2D eigenvalue weighted by Gasteiger charge is -2.35. The second-order valence-corrected chi connectivity index (χ2v) is 8.26. The molecule has 0 saturated carbocycles. The Morgan fingerprint density at radius 2 is 1.59 bits per heavy atom. The molecule has 0 aromatic heterocycles. The van der Waals surface area contributed by atoms with Crippen molar-refractivity contribution in [1.29, 1.82) is 0 Å². The van der Waals surface area contributed by atoms with E-state index in [2.05, 4.69) is 4.90 Å². The van der Waals surface area contributed by atoms with Crippen molar-refractivity contribution < 1.29 is 24.4 Å². The number of nitrogens with zero attached hydrogens (tertiary/aromatic N) is 1. The van der Waals surface area contributed by atoms with Crippen molar-refractivity contribution in [3.05, 3.63) is 77.4 Å². The lowest BCUT2D eigenvalue weighted by molar-refractivity contribution is 0.251. The van der Waals surface area contributed by atoms with Gasteiger partial charge in [0.15, 0.2) is 6.10 Å². The van der Waals surface area contributed by atoms with E-state index in [1.807, 2.05) is 50.5 Å². The van der Waals surface area contributed by atoms with Crippen molar-refractivity contribution in [1.82, 2.24) is 4.90 Å². The van der Waals surface area contributed by atoms with Crippen LogP contribution in [0.2, 0.25) is 0 Å². The van der Waals surface area contributed by atoms with Gasteiger partial charge in [-0.05, 0) is 56.1 Å². The highest BCUT2D eigenvalue weighted by Crippen LogP contribution is 2.51. The first-order valence-corrected chi connectivity index (χ1v) is 10.6. The fourth-order valence-electron chi connectivity index (χ4n) is 4.13. The van der Waals surface area contributed by atoms with Crippen LogP contribution in [0, 0.1) is 0 Å². The Balaban J connectivity index is 1.55. The van der Waals surface area contributed by atoms with Crippen molar-refractivity contribution >= 4 is 11.1 Å². The van der Waals surface area contributed by atoms with E-state index in [0.717, 1.165) is 40.1 Å². The Kier molecular flexibility index (Phi) is 5.15. The predicted octanol–water partition coefficient (Wildman–Crippen LogP) is 4.48. The topological polar surface area (TPSA) is 71.4 Å². The molecule has 2 aliphatic heterocycles. The van der Waals surface area contributed by atoms with Gasteiger partial charge in [0, 0.05) is 41.0 Å². The van der Waals surface area contributed by atoms with Crippen molar-refractivity contribution in [2.24, 2.45) is 0 Å². The van der Waals surface area contributed by atoms with E-state index < -0.39 is 0 Å². The normalized spacial score (nSPS) is 16.5. The number of rotatable bonds is 5. The van der Waals surface area contributed by atoms with Crippen LogP contribution in [0.1, 0.15) is 22.8 Å². The largest absolute Gasteiger partial charge is 0.508 e. The maximum absolute atomic E-state index is 10.0. The van der Waals surface area contributed by atoms with Crippen LogP contribution in [0.15, 0.2) is 60.7 Å². The zero-order chi connectivity index (χ0) is 22.2. The molecule has 1 unspecified atom stereocenters. The number of benzene rings is 3. The third-order valence-corrected chi connectivity index (χ3v) is 5.74. The molecule has 0 amide bonds. The summed E-state index contributed by atoms with van der Waals surface area (Å²) in [5, 5.41) is 19.9. The van der Waals surface area contributed by atoms with Crippen molar-refractivity contribution in [3.63, 3.8) is 0 Å². The van der Waals surface area contributed by atoms with Crippen LogP contribution < -0.4 is 14.2 Å². The van der Waals surface area contributed by atoms with E-state index in [1.165, 1.54) is 0 Å². The molecule has 2 N–H and O–H groups in total. The Hall–Kier alpha value is -3.64. The molecule has 2 heterocycles. The second-order valence-electron chi connectivity index (χ2n) is 8.26. The quantitative estimate of drug-likeness (QED) is 0.621. The van der Waals surface area contributed by atoms with Crippen LogP contribution >= 0.6 is 0 Å². The fourth-order valence-corrected chi connectivity index (χ4v) is 4.13. The monoisotopic (exact) mass is 431 g/mol. The number of phenols is 2. The average Bonchev–Trinajstić information content (AvgIpc) is 2.78. The summed E-state index contributed by atoms with van der Waals surface area (Å²) in [6.45, 7) is 1.81. The van der Waals surface area contributed by atoms with Crippen LogP contribution in [0.25, 0.3) is 11.1 Å². The molecule has 2 aliphatic rings. The molecule has 5 rings (SSSR count). The first-order valence-electron chi connectivity index (χ1n) is 10.6. The Morgan fingerprint density at radius 3 is 2.31 bits per heavy atom. The minimum atomic E-state index is -0.387. The van der Waals surface area contributed by atoms with Crippen LogP contribution in [0.5, 0.6) is 28.7 Å². The zero-order valence-corrected chi connectivity index (χ0v) is 18.0. The van der Waals surface area contributed by atoms with Gasteiger partial charge in [0.1, 0.15) is 42.0 Å². The smallest absolute Gasteiger partial charge is 0.150 e. The number of aromatic hydroxyl groups is 2. The molecule has 6 nitrogen and oxygen atoms in total. The van der Waals surface area contributed by atoms with Gasteiger partial charge in [-0.1, -0.05) is 12.1 Å². The van der Waals surface area contributed by atoms with E-state index >= 15 is 0 Å². The molecule has 0 radical (unpaired) electrons. The number of hydrogen-bond donors (Lipinski definition) is 2. The van der Waals surface area contributed by atoms with Crippen LogP contribution in [0.3, 0.4) is 0 Å². The van der Waals surface area contributed by atoms with Crippen molar-refractivity contribution in [2.75, 3.05) is 33.9 Å². The van der Waals surface area contributed by atoms with Gasteiger partial charge < -0.3 is 29.3 Å². The van der Waals surface area contributed by atoms with E-state index in [4.69, 9.17) is 14.2 Å². The number of likely N-dealkylation sites (N-methyl/N-ethyl adjacent to an activating group) is 1. The molecule has 0 spiro atoms. The number of fused-ring (bicyclic) bond motifs is 4. The molecule has 0 aliphatic carbocycles. The van der Waals surface area contributed by atoms with Gasteiger partial charge >= 0.3 is 0 Å². The molecule has 0 saturated heterocycles. The molecular formula is C26H25NO5. The lowest BCUT2D eigenvalue weighted by atomic mass is 9.84. The maximum atomic E-state index is 10.0. The van der Waals surface area contributed by atoms with Gasteiger partial charge in [0.2, 0.25) is 0 Å². The predicted molar refractivity (Wildman–Crippen MR) is 122 cm³/mol. The third kappa shape index (κ3) is 3.74. The SMILES string of the molecule is CN(C)CCOc1ccc(C2Oc3cc(O)ccc3C3=C2c2ccc(O)cc2OC3)cc1. The summed E-state index contributed by atoms with van der Waals surface area (Å²) in [7, 11) is 4.03. The summed E-state index contributed by atoms with van der Waals surface area (Å²) >= 11 is 0. The van der Waals surface area contributed by atoms with Crippen molar-refractivity contribution in [2.45, 2.75) is 6.10 Å². The molecule has 0 fully saturated rings. The van der Waals surface area contributed by atoms with Gasteiger partial charge in [0.25, 0.3) is 0 Å². The lowest BCUT2D eigenvalue weighted by Crippen LogP contribution is -2.22. The average molecular weight is 431 g/mol. The minimum absolute atomic E-state index is 0.151. The Labute approximate surface area is 186 Å². The molecule has 32 heavy (non-hydrogen) atoms. The summed E-state index contributed by atoms with van der Waals surface area (Å²) in [4.78, 5) is 2.07. The maximum Gasteiger partial charge on any atom is 0.150 e. The van der Waals surface area contributed by atoms with Gasteiger partial charge in [-0.2, -0.15) is 0 Å². The minimum Gasteiger partial charge on any atom is -0.508 e. The first kappa shape index (κ1) is 20.3. The van der Waals surface area contributed by atoms with Gasteiger partial charge in [-0.3, -0.25) is 0 Å². The number of phenolic OH excluding ortho intramolecular Hbond substituents is 2. The molecule has 0 bridgehead atoms. The number of ether oxygens (including phenoxy) is 3. The van der Waals surface area contributed by atoms with Gasteiger partial charge in [-0.25, -0.2) is 0 Å². The van der Waals surface area contributed by atoms with E-state index in [-0.39, 0.29) is 17.6 Å². The molecule has 6 heteroatoms. The molecular weight excluding hydrogens is 406 g/mol. The fraction of sp³-hybridized carbons (Fsp3) is 0.231. The molecule has 1 atom stereocenters. The Bertz CT molecular complexity index is 1180. The van der Waals surface area contributed by atoms with E-state index in [0.29, 0.717) is 24.7 Å². The van der Waals surface area contributed by atoms with Crippen LogP contribution in [0.4, 0.5) is 0 Å². The second kappa shape index (κ2) is 8.13. The summed E-state index contributed by atoms with van der Waals surface area (Å²) in [5.74, 6) is 2.36. The highest BCUT2D eigenvalue weighted by Gasteiger charge is 2.35. The zero-order valence-electron chi connectivity index (χ0n) is 18.0. The summed E-state index contributed by atoms with van der Waals surface area (Å²) in [5.41, 5.74) is 4.77. The van der Waals surface area contributed by atoms with Gasteiger partial charge in [-0.15, -0.1) is 0 Å². The molecule has 3 aromatic rings. The standard InChI is InChI=1S/C26H25NO5/c1-27(2)11-12-30-19-7-3-16(4-8-19)26-25-21-10-6-17(28)13-23(21)31-15-22(25)20-9-5-18(29)14-24(20)32-26/h3-10,13-14,26,28-29H,11-12,15H2,1-2H3. The van der Waals surface area contributed by atoms with Gasteiger partial charge in [0.05, 0.1) is 0 Å². The van der Waals surface area contributed by atoms with Crippen LogP contribution in [-0.4, -0.2) is 49.0 Å². The molecule has 164 valence electrons. The Morgan fingerprint density at radius 1 is 0.906 bits per heavy atom. The van der Waals surface area contributed by atoms with Crippen LogP contribution in [-0.2, 0) is 0 Å². The molecule has 3 aromatic carbocycles. The highest BCUT2D eigenvalue weighted by atomic mass is 16.5. The summed E-state index contributed by atoms with van der Waals surface area (Å²) < 4.78 is 18.2. The van der Waals surface area contributed by atoms with E-state index in [9.17, 15) is 10.2 Å². The first-order chi connectivity index (χ1) is 15.5. The number of hydrogen-bond acceptors (Lipinski definition) is 6. The van der Waals surface area contributed by atoms with Crippen molar-refractivity contribution in [3.8, 4) is 28.7 Å². The third-order valence-electron chi connectivity index (χ3n) is 5.74. The summed E-state index contributed by atoms with van der Waals surface area (Å²) in [6.07, 6.45) is -0.387. The highest BCUT2D eigenvalue weighted by molar-refractivity contribution is 5.99. The summed E-state index contributed by atoms with van der Waals surface area (Å²) in [6, 6.07) is 18.2. The van der Waals surface area contributed by atoms with E-state index in [1.54, 1.807) is 24.3 Å².